The number of nitrogens with zero attached hydrogens (tertiary/aromatic N) is 2. The maximum atomic E-state index is 6.30. The third-order valence-electron chi connectivity index (χ3n) is 3.54. The number of anilines is 1. The van der Waals surface area contributed by atoms with Gasteiger partial charge >= 0.3 is 0 Å². The number of nitrogens with two attached hydrogens (primary N) is 1. The molecule has 0 aliphatic heterocycles. The van der Waals surface area contributed by atoms with Crippen molar-refractivity contribution in [3.8, 4) is 22.8 Å². The van der Waals surface area contributed by atoms with Gasteiger partial charge in [-0.15, -0.1) is 0 Å². The van der Waals surface area contributed by atoms with Gasteiger partial charge in [0.2, 0.25) is 0 Å². The molecule has 2 aromatic rings. The lowest BCUT2D eigenvalue weighted by molar-refractivity contribution is 0.404. The largest absolute Gasteiger partial charge is 0.497 e. The molecule has 0 spiro atoms. The van der Waals surface area contributed by atoms with Crippen LogP contribution >= 0.6 is 0 Å². The zero-order valence-corrected chi connectivity index (χ0v) is 13.1. The third-order valence-corrected chi connectivity index (χ3v) is 3.54. The van der Waals surface area contributed by atoms with Gasteiger partial charge in [-0.2, -0.15) is 0 Å². The molecule has 21 heavy (non-hydrogen) atoms. The number of ether oxygens (including phenoxy) is 2. The standard InChI is InChI=1S/C16H23N3O2/c1-5-7-14-18-15(16(17)19(14)6-2)12-10-11(20-3)8-9-13(12)21-4/h8-10H,5-7,17H2,1-4H3. The summed E-state index contributed by atoms with van der Waals surface area (Å²) in [7, 11) is 3.29. The van der Waals surface area contributed by atoms with Crippen molar-refractivity contribution in [3.05, 3.63) is 24.0 Å². The molecule has 0 saturated heterocycles. The van der Waals surface area contributed by atoms with Gasteiger partial charge in [-0.1, -0.05) is 6.92 Å². The number of aryl methyl sites for hydroxylation is 1. The lowest BCUT2D eigenvalue weighted by atomic mass is 10.1. The maximum absolute atomic E-state index is 6.30. The van der Waals surface area contributed by atoms with Gasteiger partial charge in [0.25, 0.3) is 0 Å². The van der Waals surface area contributed by atoms with Gasteiger partial charge in [0.05, 0.1) is 14.2 Å². The molecule has 1 aromatic heterocycles. The summed E-state index contributed by atoms with van der Waals surface area (Å²) in [6, 6.07) is 5.65. The van der Waals surface area contributed by atoms with Crippen LogP contribution < -0.4 is 15.2 Å². The normalized spacial score (nSPS) is 10.7. The molecule has 1 heterocycles. The van der Waals surface area contributed by atoms with E-state index in [9.17, 15) is 0 Å². The first-order valence-electron chi connectivity index (χ1n) is 7.23. The number of imidazole rings is 1. The van der Waals surface area contributed by atoms with Crippen LogP contribution in [-0.2, 0) is 13.0 Å². The van der Waals surface area contributed by atoms with Crippen molar-refractivity contribution in [1.82, 2.24) is 9.55 Å². The summed E-state index contributed by atoms with van der Waals surface area (Å²) in [6.07, 6.45) is 1.94. The fourth-order valence-corrected chi connectivity index (χ4v) is 2.48. The molecule has 5 nitrogen and oxygen atoms in total. The fraction of sp³-hybridized carbons (Fsp3) is 0.438. The van der Waals surface area contributed by atoms with Gasteiger partial charge in [-0.05, 0) is 31.5 Å². The number of hydrogen-bond acceptors (Lipinski definition) is 4. The second-order valence-electron chi connectivity index (χ2n) is 4.82. The lowest BCUT2D eigenvalue weighted by Crippen LogP contribution is -2.05. The predicted octanol–water partition coefficient (Wildman–Crippen LogP) is 3.12. The maximum Gasteiger partial charge on any atom is 0.131 e. The number of hydrogen-bond donors (Lipinski definition) is 1. The van der Waals surface area contributed by atoms with Crippen LogP contribution in [0, 0.1) is 0 Å². The first-order chi connectivity index (χ1) is 10.2. The molecular weight excluding hydrogens is 266 g/mol. The molecule has 114 valence electrons. The summed E-state index contributed by atoms with van der Waals surface area (Å²) >= 11 is 0. The first-order valence-corrected chi connectivity index (χ1v) is 7.23. The molecule has 0 bridgehead atoms. The van der Waals surface area contributed by atoms with E-state index in [1.165, 1.54) is 0 Å². The van der Waals surface area contributed by atoms with Gasteiger partial charge in [0, 0.05) is 18.5 Å². The zero-order chi connectivity index (χ0) is 15.4. The van der Waals surface area contributed by atoms with Crippen LogP contribution in [0.15, 0.2) is 18.2 Å². The lowest BCUT2D eigenvalue weighted by Gasteiger charge is -2.10. The third kappa shape index (κ3) is 2.82. The minimum Gasteiger partial charge on any atom is -0.497 e. The SMILES string of the molecule is CCCc1nc(-c2cc(OC)ccc2OC)c(N)n1CC. The van der Waals surface area contributed by atoms with Gasteiger partial charge in [-0.25, -0.2) is 4.98 Å². The van der Waals surface area contributed by atoms with Gasteiger partial charge in [0.1, 0.15) is 28.8 Å². The molecule has 0 aliphatic rings. The fourth-order valence-electron chi connectivity index (χ4n) is 2.48. The smallest absolute Gasteiger partial charge is 0.131 e. The molecule has 0 saturated carbocycles. The van der Waals surface area contributed by atoms with E-state index < -0.39 is 0 Å². The number of aromatic nitrogens is 2. The van der Waals surface area contributed by atoms with Gasteiger partial charge < -0.3 is 19.8 Å². The molecular formula is C16H23N3O2. The molecule has 0 atom stereocenters. The second kappa shape index (κ2) is 6.52. The summed E-state index contributed by atoms with van der Waals surface area (Å²) in [5, 5.41) is 0. The van der Waals surface area contributed by atoms with E-state index in [1.807, 2.05) is 18.2 Å². The number of nitrogen functional groups attached to an aromatic ring is 1. The summed E-state index contributed by atoms with van der Waals surface area (Å²) in [4.78, 5) is 4.73. The molecule has 5 heteroatoms. The van der Waals surface area contributed by atoms with E-state index in [-0.39, 0.29) is 0 Å². The van der Waals surface area contributed by atoms with Crippen LogP contribution in [0.1, 0.15) is 26.1 Å². The summed E-state index contributed by atoms with van der Waals surface area (Å²) in [5.41, 5.74) is 7.92. The zero-order valence-electron chi connectivity index (χ0n) is 13.1. The Morgan fingerprint density at radius 2 is 1.95 bits per heavy atom. The Labute approximate surface area is 125 Å². The van der Waals surface area contributed by atoms with Crippen LogP contribution in [0.4, 0.5) is 5.82 Å². The monoisotopic (exact) mass is 289 g/mol. The average Bonchev–Trinajstić information content (AvgIpc) is 2.82. The van der Waals surface area contributed by atoms with Crippen molar-refractivity contribution in [2.75, 3.05) is 20.0 Å². The van der Waals surface area contributed by atoms with E-state index >= 15 is 0 Å². The Morgan fingerprint density at radius 1 is 1.19 bits per heavy atom. The molecule has 0 amide bonds. The summed E-state index contributed by atoms with van der Waals surface area (Å²) in [5.74, 6) is 3.18. The topological polar surface area (TPSA) is 62.3 Å². The minimum absolute atomic E-state index is 0.674. The molecule has 2 N–H and O–H groups in total. The Bertz CT molecular complexity index is 620. The van der Waals surface area contributed by atoms with Crippen molar-refractivity contribution >= 4 is 5.82 Å². The van der Waals surface area contributed by atoms with Crippen molar-refractivity contribution in [2.45, 2.75) is 33.2 Å². The van der Waals surface area contributed by atoms with Crippen molar-refractivity contribution in [2.24, 2.45) is 0 Å². The molecule has 0 radical (unpaired) electrons. The Kier molecular flexibility index (Phi) is 4.73. The van der Waals surface area contributed by atoms with Crippen molar-refractivity contribution in [3.63, 3.8) is 0 Å². The highest BCUT2D eigenvalue weighted by atomic mass is 16.5. The Morgan fingerprint density at radius 3 is 2.52 bits per heavy atom. The molecule has 1 aromatic carbocycles. The second-order valence-corrected chi connectivity index (χ2v) is 4.82. The highest BCUT2D eigenvalue weighted by Gasteiger charge is 2.18. The summed E-state index contributed by atoms with van der Waals surface area (Å²) < 4.78 is 12.8. The average molecular weight is 289 g/mol. The quantitative estimate of drug-likeness (QED) is 0.887. The number of benzene rings is 1. The van der Waals surface area contributed by atoms with Crippen molar-refractivity contribution in [1.29, 1.82) is 0 Å². The summed E-state index contributed by atoms with van der Waals surface area (Å²) in [6.45, 7) is 5.01. The number of methoxy groups -OCH3 is 2. The van der Waals surface area contributed by atoms with Crippen LogP contribution in [0.2, 0.25) is 0 Å². The van der Waals surface area contributed by atoms with Crippen LogP contribution in [0.25, 0.3) is 11.3 Å². The first kappa shape index (κ1) is 15.2. The molecule has 0 fully saturated rings. The Hall–Kier alpha value is -2.17. The molecule has 2 rings (SSSR count). The van der Waals surface area contributed by atoms with Crippen LogP contribution in [-0.4, -0.2) is 23.8 Å². The minimum atomic E-state index is 0.674. The van der Waals surface area contributed by atoms with E-state index in [4.69, 9.17) is 20.2 Å². The predicted molar refractivity (Wildman–Crippen MR) is 84.8 cm³/mol. The Balaban J connectivity index is 2.60. The van der Waals surface area contributed by atoms with Crippen LogP contribution in [0.3, 0.4) is 0 Å². The van der Waals surface area contributed by atoms with E-state index in [0.717, 1.165) is 48.0 Å². The molecule has 0 unspecified atom stereocenters. The van der Waals surface area contributed by atoms with Gasteiger partial charge in [-0.3, -0.25) is 0 Å². The van der Waals surface area contributed by atoms with E-state index in [2.05, 4.69) is 18.4 Å². The van der Waals surface area contributed by atoms with Gasteiger partial charge in [0.15, 0.2) is 0 Å². The van der Waals surface area contributed by atoms with E-state index in [1.54, 1.807) is 14.2 Å². The van der Waals surface area contributed by atoms with Crippen LogP contribution in [0.5, 0.6) is 11.5 Å². The highest BCUT2D eigenvalue weighted by Crippen LogP contribution is 2.36. The van der Waals surface area contributed by atoms with Crippen molar-refractivity contribution < 1.29 is 9.47 Å². The number of rotatable bonds is 6. The highest BCUT2D eigenvalue weighted by molar-refractivity contribution is 5.77. The molecule has 0 aliphatic carbocycles. The van der Waals surface area contributed by atoms with E-state index in [0.29, 0.717) is 5.82 Å².